The first-order valence-corrected chi connectivity index (χ1v) is 11.2. The van der Waals surface area contributed by atoms with Gasteiger partial charge in [-0.25, -0.2) is 14.4 Å². The van der Waals surface area contributed by atoms with Gasteiger partial charge in [-0.2, -0.15) is 0 Å². The average molecular weight is 439 g/mol. The molecule has 1 saturated heterocycles. The molecule has 1 aliphatic heterocycles. The van der Waals surface area contributed by atoms with Crippen molar-refractivity contribution in [3.8, 4) is 0 Å². The third kappa shape index (κ3) is 4.91. The van der Waals surface area contributed by atoms with Gasteiger partial charge in [0.25, 0.3) is 0 Å². The Morgan fingerprint density at radius 1 is 1.25 bits per heavy atom. The number of amides is 1. The Kier molecular flexibility index (Phi) is 6.69. The van der Waals surface area contributed by atoms with Crippen LogP contribution in [0.15, 0.2) is 36.8 Å². The van der Waals surface area contributed by atoms with Crippen LogP contribution in [0.25, 0.3) is 11.0 Å². The molecule has 3 heterocycles. The predicted octanol–water partition coefficient (Wildman–Crippen LogP) is 3.10. The topological polar surface area (TPSA) is 80.3 Å². The molecule has 0 saturated carbocycles. The minimum Gasteiger partial charge on any atom is -0.369 e. The SMILES string of the molecule is CCN(Cc1ccc(C)cc1F)c1ncnc2c1ccn2CC1CCN(CC(N)=O)CC1. The minimum atomic E-state index is -0.268. The number of likely N-dealkylation sites (tertiary alicyclic amines) is 1. The molecule has 8 heteroatoms. The molecule has 0 spiro atoms. The molecule has 1 aliphatic rings. The molecular formula is C24H31FN6O. The zero-order valence-corrected chi connectivity index (χ0v) is 18.8. The highest BCUT2D eigenvalue weighted by Crippen LogP contribution is 2.28. The number of nitrogens with two attached hydrogens (primary N) is 1. The Morgan fingerprint density at radius 2 is 2.03 bits per heavy atom. The van der Waals surface area contributed by atoms with E-state index in [1.165, 1.54) is 0 Å². The summed E-state index contributed by atoms with van der Waals surface area (Å²) in [5.41, 5.74) is 7.79. The largest absolute Gasteiger partial charge is 0.369 e. The van der Waals surface area contributed by atoms with E-state index >= 15 is 0 Å². The summed E-state index contributed by atoms with van der Waals surface area (Å²) in [5.74, 6) is 0.897. The molecule has 4 rings (SSSR count). The lowest BCUT2D eigenvalue weighted by Gasteiger charge is -2.31. The van der Waals surface area contributed by atoms with Crippen LogP contribution in [0.4, 0.5) is 10.2 Å². The number of hydrogen-bond acceptors (Lipinski definition) is 5. The van der Waals surface area contributed by atoms with Gasteiger partial charge in [0.1, 0.15) is 23.6 Å². The maximum atomic E-state index is 14.4. The summed E-state index contributed by atoms with van der Waals surface area (Å²) in [6.45, 7) is 8.10. The van der Waals surface area contributed by atoms with Crippen LogP contribution in [0.3, 0.4) is 0 Å². The summed E-state index contributed by atoms with van der Waals surface area (Å²) in [4.78, 5) is 24.5. The van der Waals surface area contributed by atoms with Gasteiger partial charge in [0.05, 0.1) is 11.9 Å². The fourth-order valence-corrected chi connectivity index (χ4v) is 4.54. The van der Waals surface area contributed by atoms with Crippen LogP contribution in [0.5, 0.6) is 0 Å². The number of aromatic nitrogens is 3. The Bertz CT molecular complexity index is 1090. The minimum absolute atomic E-state index is 0.186. The van der Waals surface area contributed by atoms with Gasteiger partial charge in [-0.3, -0.25) is 9.69 Å². The monoisotopic (exact) mass is 438 g/mol. The number of benzene rings is 1. The lowest BCUT2D eigenvalue weighted by Crippen LogP contribution is -2.40. The van der Waals surface area contributed by atoms with Crippen LogP contribution in [0, 0.1) is 18.7 Å². The number of halogens is 1. The summed E-state index contributed by atoms with van der Waals surface area (Å²) in [6, 6.07) is 7.42. The number of piperidine rings is 1. The van der Waals surface area contributed by atoms with E-state index in [1.54, 1.807) is 12.4 Å². The third-order valence-corrected chi connectivity index (χ3v) is 6.33. The van der Waals surface area contributed by atoms with Crippen molar-refractivity contribution >= 4 is 22.8 Å². The molecule has 2 N–H and O–H groups in total. The van der Waals surface area contributed by atoms with Crippen LogP contribution in [0.2, 0.25) is 0 Å². The van der Waals surface area contributed by atoms with E-state index in [-0.39, 0.29) is 11.7 Å². The van der Waals surface area contributed by atoms with Crippen molar-refractivity contribution in [3.05, 3.63) is 53.7 Å². The van der Waals surface area contributed by atoms with Crippen molar-refractivity contribution in [3.63, 3.8) is 0 Å². The smallest absolute Gasteiger partial charge is 0.231 e. The lowest BCUT2D eigenvalue weighted by molar-refractivity contribution is -0.119. The second kappa shape index (κ2) is 9.65. The molecule has 3 aromatic rings. The number of nitrogens with zero attached hydrogens (tertiary/aromatic N) is 5. The molecule has 1 amide bonds. The van der Waals surface area contributed by atoms with Gasteiger partial charge < -0.3 is 15.2 Å². The highest BCUT2D eigenvalue weighted by atomic mass is 19.1. The molecule has 2 aromatic heterocycles. The third-order valence-electron chi connectivity index (χ3n) is 6.33. The van der Waals surface area contributed by atoms with E-state index in [0.717, 1.165) is 54.9 Å². The van der Waals surface area contributed by atoms with E-state index in [1.807, 2.05) is 19.1 Å². The van der Waals surface area contributed by atoms with Crippen molar-refractivity contribution in [1.82, 2.24) is 19.4 Å². The maximum Gasteiger partial charge on any atom is 0.231 e. The second-order valence-corrected chi connectivity index (χ2v) is 8.70. The summed E-state index contributed by atoms with van der Waals surface area (Å²) < 4.78 is 16.6. The van der Waals surface area contributed by atoms with Crippen molar-refractivity contribution in [2.24, 2.45) is 11.7 Å². The fraction of sp³-hybridized carbons (Fsp3) is 0.458. The van der Waals surface area contributed by atoms with E-state index < -0.39 is 0 Å². The summed E-state index contributed by atoms with van der Waals surface area (Å²) >= 11 is 0. The van der Waals surface area contributed by atoms with Gasteiger partial charge in [-0.15, -0.1) is 0 Å². The number of carbonyl (C=O) groups is 1. The molecule has 0 unspecified atom stereocenters. The molecule has 0 aliphatic carbocycles. The zero-order chi connectivity index (χ0) is 22.7. The molecule has 7 nitrogen and oxygen atoms in total. The normalized spacial score (nSPS) is 15.3. The molecule has 1 fully saturated rings. The highest BCUT2D eigenvalue weighted by Gasteiger charge is 2.22. The fourth-order valence-electron chi connectivity index (χ4n) is 4.54. The van der Waals surface area contributed by atoms with Crippen molar-refractivity contribution < 1.29 is 9.18 Å². The molecule has 1 aromatic carbocycles. The number of rotatable bonds is 8. The molecule has 0 bridgehead atoms. The zero-order valence-electron chi connectivity index (χ0n) is 18.8. The molecular weight excluding hydrogens is 407 g/mol. The van der Waals surface area contributed by atoms with Crippen LogP contribution in [-0.2, 0) is 17.9 Å². The van der Waals surface area contributed by atoms with E-state index in [4.69, 9.17) is 5.73 Å². The van der Waals surface area contributed by atoms with Crippen molar-refractivity contribution in [2.45, 2.75) is 39.8 Å². The molecule has 0 atom stereocenters. The summed E-state index contributed by atoms with van der Waals surface area (Å²) in [7, 11) is 0. The van der Waals surface area contributed by atoms with Crippen LogP contribution >= 0.6 is 0 Å². The van der Waals surface area contributed by atoms with E-state index in [0.29, 0.717) is 31.1 Å². The standard InChI is InChI=1S/C24H31FN6O/c1-3-30(14-19-5-4-17(2)12-21(19)25)23-20-8-11-31(24(20)28-16-27-23)13-18-6-9-29(10-7-18)15-22(26)32/h4-5,8,11-12,16,18H,3,6-7,9-10,13-15H2,1-2H3,(H2,26,32). The summed E-state index contributed by atoms with van der Waals surface area (Å²) in [5, 5.41) is 0.980. The Labute approximate surface area is 188 Å². The van der Waals surface area contributed by atoms with E-state index in [9.17, 15) is 9.18 Å². The number of hydrogen-bond donors (Lipinski definition) is 1. The highest BCUT2D eigenvalue weighted by molar-refractivity contribution is 5.87. The number of carbonyl (C=O) groups excluding carboxylic acids is 1. The van der Waals surface area contributed by atoms with Gasteiger partial charge in [0.2, 0.25) is 5.91 Å². The Morgan fingerprint density at radius 3 is 2.72 bits per heavy atom. The Hall–Kier alpha value is -3.00. The molecule has 32 heavy (non-hydrogen) atoms. The van der Waals surface area contributed by atoms with Gasteiger partial charge in [0, 0.05) is 31.4 Å². The van der Waals surface area contributed by atoms with Gasteiger partial charge in [-0.05, 0) is 63.4 Å². The van der Waals surface area contributed by atoms with E-state index in [2.05, 4.69) is 43.5 Å². The summed E-state index contributed by atoms with van der Waals surface area (Å²) in [6.07, 6.45) is 5.72. The van der Waals surface area contributed by atoms with Crippen LogP contribution < -0.4 is 10.6 Å². The Balaban J connectivity index is 1.50. The number of anilines is 1. The first-order valence-electron chi connectivity index (χ1n) is 11.2. The number of fused-ring (bicyclic) bond motifs is 1. The quantitative estimate of drug-likeness (QED) is 0.585. The van der Waals surface area contributed by atoms with Crippen molar-refractivity contribution in [1.29, 1.82) is 0 Å². The number of primary amides is 1. The van der Waals surface area contributed by atoms with Gasteiger partial charge >= 0.3 is 0 Å². The first-order chi connectivity index (χ1) is 15.4. The van der Waals surface area contributed by atoms with Crippen LogP contribution in [0.1, 0.15) is 30.9 Å². The number of aryl methyl sites for hydroxylation is 1. The first kappa shape index (κ1) is 22.2. The molecule has 170 valence electrons. The average Bonchev–Trinajstić information content (AvgIpc) is 3.17. The van der Waals surface area contributed by atoms with Crippen molar-refractivity contribution in [2.75, 3.05) is 31.1 Å². The maximum absolute atomic E-state index is 14.4. The lowest BCUT2D eigenvalue weighted by atomic mass is 9.96. The van der Waals surface area contributed by atoms with Gasteiger partial charge in [-0.1, -0.05) is 12.1 Å². The van der Waals surface area contributed by atoms with Crippen LogP contribution in [-0.4, -0.2) is 51.5 Å². The predicted molar refractivity (Wildman–Crippen MR) is 124 cm³/mol. The molecule has 0 radical (unpaired) electrons. The second-order valence-electron chi connectivity index (χ2n) is 8.70. The van der Waals surface area contributed by atoms with Gasteiger partial charge in [0.15, 0.2) is 0 Å².